The molecule has 1 amide bonds. The molecule has 0 radical (unpaired) electrons. The zero-order chi connectivity index (χ0) is 19.7. The van der Waals surface area contributed by atoms with Crippen LogP contribution in [-0.4, -0.2) is 33.9 Å². The third-order valence-electron chi connectivity index (χ3n) is 5.16. The number of carbonyl (C=O) groups is 1. The van der Waals surface area contributed by atoms with Crippen LogP contribution in [0.3, 0.4) is 0 Å². The number of hydrogen-bond acceptors (Lipinski definition) is 3. The van der Waals surface area contributed by atoms with Crippen LogP contribution in [0.4, 0.5) is 0 Å². The summed E-state index contributed by atoms with van der Waals surface area (Å²) in [5.41, 5.74) is 6.03. The van der Waals surface area contributed by atoms with Crippen molar-refractivity contribution < 1.29 is 4.79 Å². The number of benzene rings is 2. The molecule has 4 rings (SSSR count). The molecule has 0 N–H and O–H groups in total. The topological polar surface area (TPSA) is 46.1 Å². The Labute approximate surface area is 170 Å². The van der Waals surface area contributed by atoms with E-state index in [9.17, 15) is 4.79 Å². The summed E-state index contributed by atoms with van der Waals surface area (Å²) in [5.74, 6) is 0.826. The molecule has 2 heterocycles. The maximum Gasteiger partial charge on any atom is 0.253 e. The summed E-state index contributed by atoms with van der Waals surface area (Å²) in [7, 11) is 0. The van der Waals surface area contributed by atoms with Gasteiger partial charge in [-0.15, -0.1) is 0 Å². The fraction of sp³-hybridized carbons (Fsp3) is 0.261. The summed E-state index contributed by atoms with van der Waals surface area (Å²) in [5, 5.41) is 0.704. The van der Waals surface area contributed by atoms with Crippen LogP contribution < -0.4 is 0 Å². The Balaban J connectivity index is 1.63. The molecule has 5 heteroatoms. The molecule has 1 aliphatic heterocycles. The largest absolute Gasteiger partial charge is 0.338 e. The highest BCUT2D eigenvalue weighted by Gasteiger charge is 2.23. The average Bonchev–Trinajstić information content (AvgIpc) is 2.91. The van der Waals surface area contributed by atoms with Crippen molar-refractivity contribution in [3.05, 3.63) is 81.8 Å². The SMILES string of the molecule is Cc1ccc(C(=O)N2CCc3nc(C)nc(-c4ccc(Cl)cc4)c3CC2)cc1. The monoisotopic (exact) mass is 391 g/mol. The Morgan fingerprint density at radius 2 is 1.61 bits per heavy atom. The molecule has 4 nitrogen and oxygen atoms in total. The molecule has 142 valence electrons. The third-order valence-corrected chi connectivity index (χ3v) is 5.41. The molecule has 0 unspecified atom stereocenters. The van der Waals surface area contributed by atoms with Crippen molar-refractivity contribution in [1.82, 2.24) is 14.9 Å². The van der Waals surface area contributed by atoms with Gasteiger partial charge in [-0.1, -0.05) is 41.4 Å². The van der Waals surface area contributed by atoms with Gasteiger partial charge in [0, 0.05) is 46.9 Å². The Morgan fingerprint density at radius 1 is 0.929 bits per heavy atom. The van der Waals surface area contributed by atoms with Gasteiger partial charge < -0.3 is 4.90 Å². The molecule has 0 bridgehead atoms. The number of nitrogens with zero attached hydrogens (tertiary/aromatic N) is 3. The van der Waals surface area contributed by atoms with Gasteiger partial charge in [-0.05, 0) is 44.5 Å². The van der Waals surface area contributed by atoms with Gasteiger partial charge in [0.25, 0.3) is 5.91 Å². The highest BCUT2D eigenvalue weighted by Crippen LogP contribution is 2.28. The van der Waals surface area contributed by atoms with E-state index in [4.69, 9.17) is 16.6 Å². The molecule has 1 aromatic heterocycles. The van der Waals surface area contributed by atoms with Crippen LogP contribution in [-0.2, 0) is 12.8 Å². The Morgan fingerprint density at radius 3 is 2.32 bits per heavy atom. The standard InChI is InChI=1S/C23H22ClN3O/c1-15-3-5-18(6-4-15)23(28)27-13-11-20-21(12-14-27)25-16(2)26-22(20)17-7-9-19(24)10-8-17/h3-10H,11-14H2,1-2H3. The second kappa shape index (κ2) is 7.72. The van der Waals surface area contributed by atoms with Gasteiger partial charge in [-0.3, -0.25) is 4.79 Å². The first-order valence-electron chi connectivity index (χ1n) is 9.49. The summed E-state index contributed by atoms with van der Waals surface area (Å²) in [6.07, 6.45) is 1.47. The second-order valence-corrected chi connectivity index (χ2v) is 7.65. The first-order chi connectivity index (χ1) is 13.5. The Bertz CT molecular complexity index is 1010. The van der Waals surface area contributed by atoms with Crippen LogP contribution in [0.25, 0.3) is 11.3 Å². The number of fused-ring (bicyclic) bond motifs is 1. The molecule has 1 aliphatic rings. The molecule has 2 aromatic carbocycles. The predicted octanol–water partition coefficient (Wildman–Crippen LogP) is 4.65. The van der Waals surface area contributed by atoms with E-state index >= 15 is 0 Å². The first-order valence-corrected chi connectivity index (χ1v) is 9.87. The van der Waals surface area contributed by atoms with Crippen LogP contribution in [0.2, 0.25) is 5.02 Å². The minimum absolute atomic E-state index is 0.0746. The fourth-order valence-electron chi connectivity index (χ4n) is 3.65. The lowest BCUT2D eigenvalue weighted by molar-refractivity contribution is 0.0763. The van der Waals surface area contributed by atoms with E-state index in [0.717, 1.165) is 52.3 Å². The summed E-state index contributed by atoms with van der Waals surface area (Å²) < 4.78 is 0. The second-order valence-electron chi connectivity index (χ2n) is 7.21. The van der Waals surface area contributed by atoms with E-state index in [1.165, 1.54) is 0 Å². The van der Waals surface area contributed by atoms with Crippen molar-refractivity contribution in [2.24, 2.45) is 0 Å². The number of aromatic nitrogens is 2. The molecular weight excluding hydrogens is 370 g/mol. The molecule has 0 fully saturated rings. The summed E-state index contributed by atoms with van der Waals surface area (Å²) in [6, 6.07) is 15.5. The molecule has 0 aliphatic carbocycles. The molecule has 0 spiro atoms. The molecule has 0 atom stereocenters. The van der Waals surface area contributed by atoms with Gasteiger partial charge in [-0.2, -0.15) is 0 Å². The smallest absolute Gasteiger partial charge is 0.253 e. The van der Waals surface area contributed by atoms with Gasteiger partial charge in [-0.25, -0.2) is 9.97 Å². The minimum atomic E-state index is 0.0746. The number of halogens is 1. The number of aryl methyl sites for hydroxylation is 2. The van der Waals surface area contributed by atoms with Crippen LogP contribution in [0.15, 0.2) is 48.5 Å². The zero-order valence-electron chi connectivity index (χ0n) is 16.1. The summed E-state index contributed by atoms with van der Waals surface area (Å²) >= 11 is 6.04. The maximum atomic E-state index is 12.9. The molecule has 0 saturated carbocycles. The van der Waals surface area contributed by atoms with E-state index in [2.05, 4.69) is 4.98 Å². The maximum absolute atomic E-state index is 12.9. The number of carbonyl (C=O) groups excluding carboxylic acids is 1. The van der Waals surface area contributed by atoms with Crippen LogP contribution in [0.1, 0.15) is 33.0 Å². The lowest BCUT2D eigenvalue weighted by Crippen LogP contribution is -2.33. The van der Waals surface area contributed by atoms with Crippen molar-refractivity contribution in [2.45, 2.75) is 26.7 Å². The Hall–Kier alpha value is -2.72. The lowest BCUT2D eigenvalue weighted by atomic mass is 10.0. The van der Waals surface area contributed by atoms with Crippen molar-refractivity contribution in [2.75, 3.05) is 13.1 Å². The quantitative estimate of drug-likeness (QED) is 0.638. The molecule has 3 aromatic rings. The first kappa shape index (κ1) is 18.6. The van der Waals surface area contributed by atoms with E-state index in [-0.39, 0.29) is 5.91 Å². The van der Waals surface area contributed by atoms with Crippen LogP contribution >= 0.6 is 11.6 Å². The van der Waals surface area contributed by atoms with Crippen LogP contribution in [0, 0.1) is 13.8 Å². The van der Waals surface area contributed by atoms with Crippen molar-refractivity contribution in [1.29, 1.82) is 0 Å². The normalized spacial score (nSPS) is 13.8. The van der Waals surface area contributed by atoms with Gasteiger partial charge in [0.15, 0.2) is 0 Å². The summed E-state index contributed by atoms with van der Waals surface area (Å²) in [4.78, 5) is 24.3. The highest BCUT2D eigenvalue weighted by molar-refractivity contribution is 6.30. The molecule has 28 heavy (non-hydrogen) atoms. The predicted molar refractivity (Wildman–Crippen MR) is 112 cm³/mol. The zero-order valence-corrected chi connectivity index (χ0v) is 16.8. The fourth-order valence-corrected chi connectivity index (χ4v) is 3.78. The molecule has 0 saturated heterocycles. The van der Waals surface area contributed by atoms with Crippen molar-refractivity contribution in [3.63, 3.8) is 0 Å². The van der Waals surface area contributed by atoms with Crippen molar-refractivity contribution >= 4 is 17.5 Å². The van der Waals surface area contributed by atoms with Gasteiger partial charge >= 0.3 is 0 Å². The van der Waals surface area contributed by atoms with E-state index < -0.39 is 0 Å². The third kappa shape index (κ3) is 3.78. The van der Waals surface area contributed by atoms with E-state index in [1.807, 2.05) is 67.3 Å². The van der Waals surface area contributed by atoms with Gasteiger partial charge in [0.2, 0.25) is 0 Å². The minimum Gasteiger partial charge on any atom is -0.338 e. The van der Waals surface area contributed by atoms with E-state index in [1.54, 1.807) is 0 Å². The van der Waals surface area contributed by atoms with Gasteiger partial charge in [0.05, 0.1) is 5.69 Å². The van der Waals surface area contributed by atoms with Gasteiger partial charge in [0.1, 0.15) is 5.82 Å². The lowest BCUT2D eigenvalue weighted by Gasteiger charge is -2.20. The highest BCUT2D eigenvalue weighted by atomic mass is 35.5. The Kier molecular flexibility index (Phi) is 5.14. The number of rotatable bonds is 2. The number of hydrogen-bond donors (Lipinski definition) is 0. The van der Waals surface area contributed by atoms with E-state index in [0.29, 0.717) is 18.1 Å². The summed E-state index contributed by atoms with van der Waals surface area (Å²) in [6.45, 7) is 5.26. The average molecular weight is 392 g/mol. The van der Waals surface area contributed by atoms with Crippen molar-refractivity contribution in [3.8, 4) is 11.3 Å². The molecular formula is C23H22ClN3O. The van der Waals surface area contributed by atoms with Crippen LogP contribution in [0.5, 0.6) is 0 Å². The number of amides is 1.